The first-order valence-electron chi connectivity index (χ1n) is 8.17. The van der Waals surface area contributed by atoms with Crippen LogP contribution in [-0.2, 0) is 9.59 Å². The van der Waals surface area contributed by atoms with Gasteiger partial charge in [0.05, 0.1) is 7.11 Å². The third kappa shape index (κ3) is 3.23. The Labute approximate surface area is 154 Å². The maximum Gasteiger partial charge on any atom is 0.338 e. The molecule has 0 radical (unpaired) electrons. The van der Waals surface area contributed by atoms with Crippen LogP contribution in [0.3, 0.4) is 0 Å². The average Bonchev–Trinajstić information content (AvgIpc) is 3.03. The Hall–Kier alpha value is -3.35. The highest BCUT2D eigenvalue weighted by Crippen LogP contribution is 2.42. The number of methoxy groups -OCH3 is 1. The van der Waals surface area contributed by atoms with Crippen molar-refractivity contribution < 1.29 is 32.6 Å². The van der Waals surface area contributed by atoms with Gasteiger partial charge in [0, 0.05) is 22.8 Å². The van der Waals surface area contributed by atoms with Gasteiger partial charge in [-0.15, -0.1) is 0 Å². The molecule has 6 nitrogen and oxygen atoms in total. The van der Waals surface area contributed by atoms with Crippen LogP contribution in [0.5, 0.6) is 17.2 Å². The van der Waals surface area contributed by atoms with Gasteiger partial charge < -0.3 is 18.6 Å². The van der Waals surface area contributed by atoms with E-state index < -0.39 is 17.8 Å². The fourth-order valence-corrected chi connectivity index (χ4v) is 2.54. The van der Waals surface area contributed by atoms with E-state index in [0.29, 0.717) is 10.8 Å². The Balaban J connectivity index is 2.17. The lowest BCUT2D eigenvalue weighted by Gasteiger charge is -2.08. The van der Waals surface area contributed by atoms with E-state index in [0.717, 1.165) is 0 Å². The molecule has 0 saturated heterocycles. The number of esters is 2. The van der Waals surface area contributed by atoms with Crippen LogP contribution in [0.25, 0.3) is 21.9 Å². The summed E-state index contributed by atoms with van der Waals surface area (Å²) in [4.78, 5) is 23.3. The third-order valence-corrected chi connectivity index (χ3v) is 3.90. The summed E-state index contributed by atoms with van der Waals surface area (Å²) in [5, 5.41) is 1.03. The number of benzene rings is 2. The summed E-state index contributed by atoms with van der Waals surface area (Å²) in [5.41, 5.74) is 0.258. The number of furan rings is 1. The van der Waals surface area contributed by atoms with E-state index in [9.17, 15) is 14.0 Å². The number of carbonyl (C=O) groups excluding carboxylic acids is 2. The lowest BCUT2D eigenvalue weighted by molar-refractivity contribution is -0.134. The molecule has 1 aromatic heterocycles. The van der Waals surface area contributed by atoms with E-state index in [-0.39, 0.29) is 40.4 Å². The van der Waals surface area contributed by atoms with Crippen LogP contribution in [0.15, 0.2) is 40.8 Å². The monoisotopic (exact) mass is 372 g/mol. The van der Waals surface area contributed by atoms with Crippen LogP contribution in [-0.4, -0.2) is 19.0 Å². The number of hydrogen-bond acceptors (Lipinski definition) is 6. The van der Waals surface area contributed by atoms with E-state index in [1.165, 1.54) is 20.1 Å². The van der Waals surface area contributed by atoms with Crippen molar-refractivity contribution in [1.82, 2.24) is 0 Å². The number of hydrogen-bond donors (Lipinski definition) is 0. The summed E-state index contributed by atoms with van der Waals surface area (Å²) in [6, 6.07) is 6.10. The van der Waals surface area contributed by atoms with E-state index in [2.05, 4.69) is 6.58 Å². The fourth-order valence-electron chi connectivity index (χ4n) is 2.54. The number of carbonyl (C=O) groups is 2. The van der Waals surface area contributed by atoms with E-state index >= 15 is 0 Å². The minimum absolute atomic E-state index is 0.103. The molecule has 0 spiro atoms. The summed E-state index contributed by atoms with van der Waals surface area (Å²) in [6.07, 6.45) is 0.188. The topological polar surface area (TPSA) is 75.0 Å². The minimum atomic E-state index is -0.826. The zero-order valence-electron chi connectivity index (χ0n) is 15.1. The van der Waals surface area contributed by atoms with Gasteiger partial charge in [0.2, 0.25) is 11.6 Å². The molecule has 0 unspecified atom stereocenters. The van der Waals surface area contributed by atoms with Gasteiger partial charge in [-0.3, -0.25) is 4.79 Å². The van der Waals surface area contributed by atoms with Crippen molar-refractivity contribution in [1.29, 1.82) is 0 Å². The zero-order chi connectivity index (χ0) is 19.7. The lowest BCUT2D eigenvalue weighted by atomic mass is 10.1. The first-order valence-corrected chi connectivity index (χ1v) is 8.17. The molecule has 0 aliphatic carbocycles. The second-order valence-electron chi connectivity index (χ2n) is 5.83. The van der Waals surface area contributed by atoms with E-state index in [1.807, 2.05) is 0 Å². The lowest BCUT2D eigenvalue weighted by Crippen LogP contribution is -2.09. The summed E-state index contributed by atoms with van der Waals surface area (Å²) >= 11 is 0. The standard InChI is InChI=1S/C20H17FO6/c1-5-15(22)25-14-9-7-12-11-6-8-13(26-20(23)10(2)3)16(21)17(11)27-18(12)19(14)24-4/h6-9H,2,5H2,1,3-4H3. The van der Waals surface area contributed by atoms with Crippen molar-refractivity contribution >= 4 is 33.9 Å². The SMILES string of the molecule is C=C(C)C(=O)Oc1ccc2c(oc3c(OC)c(OC(=O)CC)ccc32)c1F. The van der Waals surface area contributed by atoms with Crippen molar-refractivity contribution in [3.63, 3.8) is 0 Å². The predicted molar refractivity (Wildman–Crippen MR) is 96.6 cm³/mol. The molecule has 27 heavy (non-hydrogen) atoms. The maximum absolute atomic E-state index is 14.8. The van der Waals surface area contributed by atoms with Crippen molar-refractivity contribution in [3.8, 4) is 17.2 Å². The largest absolute Gasteiger partial charge is 0.490 e. The highest BCUT2D eigenvalue weighted by molar-refractivity contribution is 6.08. The molecule has 0 amide bonds. The molecule has 2 aromatic carbocycles. The third-order valence-electron chi connectivity index (χ3n) is 3.90. The summed E-state index contributed by atoms with van der Waals surface area (Å²) in [5.74, 6) is -1.94. The van der Waals surface area contributed by atoms with Gasteiger partial charge in [0.25, 0.3) is 0 Å². The van der Waals surface area contributed by atoms with Crippen LogP contribution >= 0.6 is 0 Å². The molecule has 1 heterocycles. The normalized spacial score (nSPS) is 10.8. The molecular formula is C20H17FO6. The summed E-state index contributed by atoms with van der Waals surface area (Å²) in [6.45, 7) is 6.59. The first kappa shape index (κ1) is 18.4. The van der Waals surface area contributed by atoms with Crippen molar-refractivity contribution in [3.05, 3.63) is 42.2 Å². The zero-order valence-corrected chi connectivity index (χ0v) is 15.1. The Morgan fingerprint density at radius 1 is 1.07 bits per heavy atom. The second-order valence-corrected chi connectivity index (χ2v) is 5.83. The van der Waals surface area contributed by atoms with Crippen molar-refractivity contribution in [2.75, 3.05) is 7.11 Å². The molecule has 0 atom stereocenters. The molecule has 0 saturated carbocycles. The molecule has 0 bridgehead atoms. The smallest absolute Gasteiger partial charge is 0.338 e. The van der Waals surface area contributed by atoms with Crippen LogP contribution in [0.2, 0.25) is 0 Å². The highest BCUT2D eigenvalue weighted by Gasteiger charge is 2.22. The van der Waals surface area contributed by atoms with Gasteiger partial charge in [-0.2, -0.15) is 4.39 Å². The number of ether oxygens (including phenoxy) is 3. The molecule has 0 aliphatic rings. The Bertz CT molecular complexity index is 1080. The van der Waals surface area contributed by atoms with Crippen LogP contribution < -0.4 is 14.2 Å². The number of rotatable bonds is 5. The summed E-state index contributed by atoms with van der Waals surface area (Å²) < 4.78 is 36.0. The van der Waals surface area contributed by atoms with Gasteiger partial charge in [-0.05, 0) is 31.2 Å². The number of fused-ring (bicyclic) bond motifs is 3. The predicted octanol–water partition coefficient (Wildman–Crippen LogP) is 4.53. The van der Waals surface area contributed by atoms with Gasteiger partial charge in [-0.25, -0.2) is 4.79 Å². The quantitative estimate of drug-likeness (QED) is 0.372. The molecule has 7 heteroatoms. The fraction of sp³-hybridized carbons (Fsp3) is 0.200. The van der Waals surface area contributed by atoms with Crippen LogP contribution in [0, 0.1) is 5.82 Å². The van der Waals surface area contributed by atoms with Gasteiger partial charge in [-0.1, -0.05) is 13.5 Å². The molecule has 140 valence electrons. The highest BCUT2D eigenvalue weighted by atomic mass is 19.1. The molecule has 0 aliphatic heterocycles. The number of halogens is 1. The molecule has 3 aromatic rings. The Morgan fingerprint density at radius 3 is 2.30 bits per heavy atom. The van der Waals surface area contributed by atoms with Gasteiger partial charge >= 0.3 is 11.9 Å². The second kappa shape index (κ2) is 7.11. The Morgan fingerprint density at radius 2 is 1.70 bits per heavy atom. The van der Waals surface area contributed by atoms with Crippen molar-refractivity contribution in [2.45, 2.75) is 20.3 Å². The average molecular weight is 372 g/mol. The molecular weight excluding hydrogens is 355 g/mol. The summed E-state index contributed by atoms with van der Waals surface area (Å²) in [7, 11) is 1.39. The van der Waals surface area contributed by atoms with E-state index in [1.54, 1.807) is 25.1 Å². The molecule has 0 fully saturated rings. The first-order chi connectivity index (χ1) is 12.9. The van der Waals surface area contributed by atoms with E-state index in [4.69, 9.17) is 18.6 Å². The minimum Gasteiger partial charge on any atom is -0.490 e. The molecule has 3 rings (SSSR count). The molecule has 0 N–H and O–H groups in total. The van der Waals surface area contributed by atoms with Gasteiger partial charge in [0.15, 0.2) is 22.7 Å². The van der Waals surface area contributed by atoms with Gasteiger partial charge in [0.1, 0.15) is 0 Å². The van der Waals surface area contributed by atoms with Crippen LogP contribution in [0.1, 0.15) is 20.3 Å². The van der Waals surface area contributed by atoms with Crippen LogP contribution in [0.4, 0.5) is 4.39 Å². The van der Waals surface area contributed by atoms with Crippen molar-refractivity contribution in [2.24, 2.45) is 0 Å². The maximum atomic E-state index is 14.8. The Kier molecular flexibility index (Phi) is 4.85.